The molecule has 1 N–H and O–H groups in total. The summed E-state index contributed by atoms with van der Waals surface area (Å²) in [7, 11) is -1.98. The molecule has 0 radical (unpaired) electrons. The molecule has 3 aliphatic carbocycles. The summed E-state index contributed by atoms with van der Waals surface area (Å²) in [4.78, 5) is 13.0. The number of fused-ring (bicyclic) bond motifs is 2. The first-order chi connectivity index (χ1) is 12.0. The van der Waals surface area contributed by atoms with Crippen molar-refractivity contribution in [1.82, 2.24) is 0 Å². The van der Waals surface area contributed by atoms with E-state index in [2.05, 4.69) is 52.9 Å². The number of carbonyl (C=O) groups is 1. The Hall–Kier alpha value is -0.453. The fourth-order valence-electron chi connectivity index (χ4n) is 5.29. The number of Topliss-reactive ketones (excluding diaryl/α,β-unsaturated/α-hetero) is 1. The number of aliphatic hydroxyl groups excluding tert-OH is 1. The number of rotatable bonds is 2. The number of carbonyl (C=O) groups excluding carboxylic acids is 1. The van der Waals surface area contributed by atoms with Gasteiger partial charge in [-0.15, -0.1) is 0 Å². The normalized spacial score (nSPS) is 41.3. The van der Waals surface area contributed by atoms with E-state index in [1.165, 1.54) is 0 Å². The summed E-state index contributed by atoms with van der Waals surface area (Å²) in [5.74, 6) is 0.678. The van der Waals surface area contributed by atoms with Gasteiger partial charge in [0.05, 0.1) is 12.2 Å². The van der Waals surface area contributed by atoms with Gasteiger partial charge in [0, 0.05) is 17.8 Å². The van der Waals surface area contributed by atoms with Gasteiger partial charge in [0.2, 0.25) is 0 Å². The van der Waals surface area contributed by atoms with Gasteiger partial charge in [-0.3, -0.25) is 4.79 Å². The second-order valence-corrected chi connectivity index (χ2v) is 15.5. The summed E-state index contributed by atoms with van der Waals surface area (Å²) in [5.41, 5.74) is -0.124. The van der Waals surface area contributed by atoms with Crippen LogP contribution in [-0.2, 0) is 9.22 Å². The maximum Gasteiger partial charge on any atom is 0.192 e. The van der Waals surface area contributed by atoms with Gasteiger partial charge in [-0.2, -0.15) is 0 Å². The van der Waals surface area contributed by atoms with Crippen molar-refractivity contribution in [2.75, 3.05) is 0 Å². The molecule has 2 saturated carbocycles. The maximum atomic E-state index is 13.0. The SMILES string of the molecule is CC(C)(C)[Si](C)(C)O[C@H]1C[C@@H]2CC=CC[C@@]2(C)[C@@H](O)[C@@H]2CCCC(=O)[C@H]21. The van der Waals surface area contributed by atoms with E-state index in [0.29, 0.717) is 18.1 Å². The summed E-state index contributed by atoms with van der Waals surface area (Å²) in [5, 5.41) is 11.5. The fraction of sp³-hybridized carbons (Fsp3) is 0.864. The van der Waals surface area contributed by atoms with Gasteiger partial charge in [0.15, 0.2) is 8.32 Å². The van der Waals surface area contributed by atoms with Crippen LogP contribution in [0, 0.1) is 23.2 Å². The van der Waals surface area contributed by atoms with Crippen molar-refractivity contribution in [3.63, 3.8) is 0 Å². The highest BCUT2D eigenvalue weighted by atomic mass is 28.4. The highest BCUT2D eigenvalue weighted by molar-refractivity contribution is 6.74. The topological polar surface area (TPSA) is 46.5 Å². The molecule has 0 spiro atoms. The van der Waals surface area contributed by atoms with E-state index in [1.54, 1.807) is 0 Å². The summed E-state index contributed by atoms with van der Waals surface area (Å²) >= 11 is 0. The van der Waals surface area contributed by atoms with Crippen molar-refractivity contribution in [3.8, 4) is 0 Å². The zero-order valence-electron chi connectivity index (χ0n) is 17.5. The maximum absolute atomic E-state index is 13.0. The molecule has 0 bridgehead atoms. The Bertz CT molecular complexity index is 576. The molecular formula is C22H38O3Si. The smallest absolute Gasteiger partial charge is 0.192 e. The van der Waals surface area contributed by atoms with Gasteiger partial charge >= 0.3 is 0 Å². The van der Waals surface area contributed by atoms with E-state index >= 15 is 0 Å². The van der Waals surface area contributed by atoms with Crippen LogP contribution >= 0.6 is 0 Å². The first-order valence-electron chi connectivity index (χ1n) is 10.5. The molecule has 0 saturated heterocycles. The number of allylic oxidation sites excluding steroid dienone is 2. The van der Waals surface area contributed by atoms with Crippen LogP contribution in [0.3, 0.4) is 0 Å². The van der Waals surface area contributed by atoms with E-state index in [4.69, 9.17) is 4.43 Å². The second-order valence-electron chi connectivity index (χ2n) is 10.8. The van der Waals surface area contributed by atoms with Crippen LogP contribution in [0.25, 0.3) is 0 Å². The van der Waals surface area contributed by atoms with Crippen molar-refractivity contribution in [2.24, 2.45) is 23.2 Å². The van der Waals surface area contributed by atoms with Crippen LogP contribution in [0.2, 0.25) is 18.1 Å². The zero-order chi connectivity index (χ0) is 19.3. The van der Waals surface area contributed by atoms with Crippen molar-refractivity contribution in [1.29, 1.82) is 0 Å². The number of ketones is 1. The summed E-state index contributed by atoms with van der Waals surface area (Å²) in [6.45, 7) is 13.6. The molecule has 148 valence electrons. The number of hydrogen-bond acceptors (Lipinski definition) is 3. The van der Waals surface area contributed by atoms with E-state index in [9.17, 15) is 9.90 Å². The predicted octanol–water partition coefficient (Wildman–Crippen LogP) is 5.10. The third kappa shape index (κ3) is 3.38. The average molecular weight is 379 g/mol. The third-order valence-corrected chi connectivity index (χ3v) is 12.6. The molecule has 0 aromatic carbocycles. The first-order valence-corrected chi connectivity index (χ1v) is 13.4. The Kier molecular flexibility index (Phi) is 5.35. The van der Waals surface area contributed by atoms with Crippen molar-refractivity contribution >= 4 is 14.1 Å². The molecule has 0 amide bonds. The fourth-order valence-corrected chi connectivity index (χ4v) is 6.64. The highest BCUT2D eigenvalue weighted by Crippen LogP contribution is 2.54. The lowest BCUT2D eigenvalue weighted by Crippen LogP contribution is -2.50. The van der Waals surface area contributed by atoms with Gasteiger partial charge in [-0.1, -0.05) is 39.8 Å². The molecule has 3 aliphatic rings. The van der Waals surface area contributed by atoms with E-state index in [0.717, 1.165) is 32.1 Å². The minimum atomic E-state index is -1.98. The van der Waals surface area contributed by atoms with Crippen LogP contribution in [-0.4, -0.2) is 31.4 Å². The van der Waals surface area contributed by atoms with E-state index < -0.39 is 14.4 Å². The summed E-state index contributed by atoms with van der Waals surface area (Å²) in [6.07, 6.45) is 9.43. The molecule has 3 rings (SSSR count). The second kappa shape index (κ2) is 6.86. The highest BCUT2D eigenvalue weighted by Gasteiger charge is 2.55. The monoisotopic (exact) mass is 378 g/mol. The molecule has 0 aromatic heterocycles. The minimum Gasteiger partial charge on any atom is -0.413 e. The molecule has 4 heteroatoms. The predicted molar refractivity (Wildman–Crippen MR) is 109 cm³/mol. The minimum absolute atomic E-state index is 0.0262. The Morgan fingerprint density at radius 2 is 1.96 bits per heavy atom. The molecule has 26 heavy (non-hydrogen) atoms. The van der Waals surface area contributed by atoms with Crippen LogP contribution in [0.1, 0.15) is 66.2 Å². The third-order valence-electron chi connectivity index (χ3n) is 8.12. The lowest BCUT2D eigenvalue weighted by atomic mass is 9.62. The zero-order valence-corrected chi connectivity index (χ0v) is 18.5. The van der Waals surface area contributed by atoms with Crippen LogP contribution in [0.5, 0.6) is 0 Å². The number of aliphatic hydroxyl groups is 1. The Morgan fingerprint density at radius 3 is 2.62 bits per heavy atom. The van der Waals surface area contributed by atoms with E-state index in [-0.39, 0.29) is 28.4 Å². The Labute approximate surface area is 160 Å². The molecule has 3 nitrogen and oxygen atoms in total. The molecule has 0 aliphatic heterocycles. The van der Waals surface area contributed by atoms with Gasteiger partial charge in [0.25, 0.3) is 0 Å². The average Bonchev–Trinajstić information content (AvgIpc) is 2.62. The quantitative estimate of drug-likeness (QED) is 0.537. The molecule has 0 aromatic rings. The van der Waals surface area contributed by atoms with Crippen molar-refractivity contribution in [2.45, 2.75) is 96.6 Å². The van der Waals surface area contributed by atoms with Gasteiger partial charge in [-0.25, -0.2) is 0 Å². The summed E-state index contributed by atoms with van der Waals surface area (Å²) < 4.78 is 6.89. The largest absolute Gasteiger partial charge is 0.413 e. The van der Waals surface area contributed by atoms with Gasteiger partial charge < -0.3 is 9.53 Å². The Morgan fingerprint density at radius 1 is 1.27 bits per heavy atom. The van der Waals surface area contributed by atoms with Crippen LogP contribution in [0.4, 0.5) is 0 Å². The van der Waals surface area contributed by atoms with Gasteiger partial charge in [0.1, 0.15) is 5.78 Å². The lowest BCUT2D eigenvalue weighted by Gasteiger charge is -2.45. The molecule has 2 fully saturated rings. The van der Waals surface area contributed by atoms with Crippen molar-refractivity contribution < 1.29 is 14.3 Å². The van der Waals surface area contributed by atoms with Crippen molar-refractivity contribution in [3.05, 3.63) is 12.2 Å². The molecule has 0 unspecified atom stereocenters. The number of hydrogen-bond donors (Lipinski definition) is 1. The lowest BCUT2D eigenvalue weighted by molar-refractivity contribution is -0.135. The molecule has 6 atom stereocenters. The molecule has 0 heterocycles. The van der Waals surface area contributed by atoms with Gasteiger partial charge in [-0.05, 0) is 62.1 Å². The first kappa shape index (κ1) is 20.3. The molecular weight excluding hydrogens is 340 g/mol. The summed E-state index contributed by atoms with van der Waals surface area (Å²) in [6, 6.07) is 0. The van der Waals surface area contributed by atoms with Crippen LogP contribution < -0.4 is 0 Å². The van der Waals surface area contributed by atoms with E-state index in [1.807, 2.05) is 0 Å². The van der Waals surface area contributed by atoms with Crippen LogP contribution in [0.15, 0.2) is 12.2 Å². The standard InChI is InChI=1S/C22H38O3Si/c1-21(2,3)26(5,6)25-18-14-15-10-7-8-13-22(15,4)20(24)16-11-9-12-17(23)19(16)18/h7-8,15-16,18-20,24H,9-14H2,1-6H3/t15-,16+,18-,19-,20-,22+/m0/s1. The Balaban J connectivity index is 1.99.